The first-order chi connectivity index (χ1) is 11.3. The lowest BCUT2D eigenvalue weighted by molar-refractivity contribution is -0.463. The van der Waals surface area contributed by atoms with Crippen molar-refractivity contribution in [1.29, 1.82) is 0 Å². The monoisotopic (exact) mass is 340 g/mol. The van der Waals surface area contributed by atoms with Gasteiger partial charge in [-0.05, 0) is 37.0 Å². The van der Waals surface area contributed by atoms with Crippen LogP contribution in [-0.2, 0) is 18.9 Å². The molecule has 5 nitrogen and oxygen atoms in total. The van der Waals surface area contributed by atoms with Crippen LogP contribution in [0.15, 0.2) is 0 Å². The highest BCUT2D eigenvalue weighted by atomic mass is 16.7. The zero-order chi connectivity index (χ0) is 17.3. The van der Waals surface area contributed by atoms with Gasteiger partial charge >= 0.3 is 0 Å². The van der Waals surface area contributed by atoms with E-state index in [0.29, 0.717) is 32.5 Å². The normalized spacial score (nSPS) is 50.6. The smallest absolute Gasteiger partial charge is 0.172 e. The molecule has 5 heteroatoms. The van der Waals surface area contributed by atoms with E-state index < -0.39 is 5.79 Å². The zero-order valence-electron chi connectivity index (χ0n) is 15.5. The Labute approximate surface area is 145 Å². The minimum atomic E-state index is -0.986. The minimum Gasteiger partial charge on any atom is -0.382 e. The van der Waals surface area contributed by atoms with Crippen molar-refractivity contribution in [2.24, 2.45) is 22.2 Å². The van der Waals surface area contributed by atoms with Crippen LogP contribution in [-0.4, -0.2) is 50.2 Å². The van der Waals surface area contributed by atoms with Crippen molar-refractivity contribution < 1.29 is 24.1 Å². The second kappa shape index (κ2) is 5.17. The van der Waals surface area contributed by atoms with Gasteiger partial charge < -0.3 is 24.1 Å². The number of hydrogen-bond donors (Lipinski definition) is 1. The zero-order valence-corrected chi connectivity index (χ0v) is 15.5. The van der Waals surface area contributed by atoms with E-state index in [9.17, 15) is 5.11 Å². The summed E-state index contributed by atoms with van der Waals surface area (Å²) in [5, 5.41) is 11.3. The molecule has 1 N–H and O–H groups in total. The maximum absolute atomic E-state index is 11.3. The Bertz CT molecular complexity index is 522. The molecule has 0 aromatic heterocycles. The van der Waals surface area contributed by atoms with Crippen molar-refractivity contribution in [3.63, 3.8) is 0 Å². The highest BCUT2D eigenvalue weighted by Gasteiger charge is 2.85. The predicted molar refractivity (Wildman–Crippen MR) is 88.3 cm³/mol. The molecular weight excluding hydrogens is 308 g/mol. The molecule has 5 aliphatic rings. The van der Waals surface area contributed by atoms with Crippen LogP contribution >= 0.6 is 0 Å². The topological polar surface area (TPSA) is 57.2 Å². The van der Waals surface area contributed by atoms with E-state index in [0.717, 1.165) is 32.1 Å². The third kappa shape index (κ3) is 1.78. The molecule has 0 aromatic carbocycles. The fraction of sp³-hybridized carbons (Fsp3) is 1.00. The summed E-state index contributed by atoms with van der Waals surface area (Å²) in [6, 6.07) is 0. The van der Waals surface area contributed by atoms with Crippen molar-refractivity contribution in [1.82, 2.24) is 0 Å². The van der Waals surface area contributed by atoms with Gasteiger partial charge in [0.2, 0.25) is 0 Å². The first-order valence-electron chi connectivity index (χ1n) is 9.34. The Balaban J connectivity index is 1.54. The maximum atomic E-state index is 11.3. The molecule has 24 heavy (non-hydrogen) atoms. The van der Waals surface area contributed by atoms with Crippen LogP contribution in [0, 0.1) is 22.2 Å². The Morgan fingerprint density at radius 3 is 2.54 bits per heavy atom. The average molecular weight is 340 g/mol. The molecule has 2 saturated heterocycles. The van der Waals surface area contributed by atoms with E-state index in [1.807, 2.05) is 0 Å². The Kier molecular flexibility index (Phi) is 3.71. The summed E-state index contributed by atoms with van der Waals surface area (Å²) in [5.74, 6) is -0.500. The lowest BCUT2D eigenvalue weighted by Crippen LogP contribution is -2.81. The van der Waals surface area contributed by atoms with Crippen molar-refractivity contribution in [2.75, 3.05) is 33.7 Å². The highest BCUT2D eigenvalue weighted by molar-refractivity contribution is 5.30. The number of methoxy groups -OCH3 is 1. The molecule has 3 aliphatic carbocycles. The van der Waals surface area contributed by atoms with Crippen LogP contribution in [0.2, 0.25) is 0 Å². The molecule has 2 aliphatic heterocycles. The van der Waals surface area contributed by atoms with Crippen LogP contribution in [0.5, 0.6) is 0 Å². The third-order valence-electron chi connectivity index (χ3n) is 8.27. The first-order valence-corrected chi connectivity index (χ1v) is 9.34. The van der Waals surface area contributed by atoms with Crippen LogP contribution in [0.4, 0.5) is 0 Å². The highest BCUT2D eigenvalue weighted by Crippen LogP contribution is 2.82. The van der Waals surface area contributed by atoms with Gasteiger partial charge in [-0.2, -0.15) is 0 Å². The Morgan fingerprint density at radius 1 is 1.04 bits per heavy atom. The molecule has 5 unspecified atom stereocenters. The van der Waals surface area contributed by atoms with E-state index in [-0.39, 0.29) is 21.8 Å². The van der Waals surface area contributed by atoms with Crippen molar-refractivity contribution in [2.45, 2.75) is 64.3 Å². The molecule has 138 valence electrons. The maximum Gasteiger partial charge on any atom is 0.172 e. The fourth-order valence-corrected chi connectivity index (χ4v) is 6.66. The van der Waals surface area contributed by atoms with E-state index in [1.165, 1.54) is 0 Å². The van der Waals surface area contributed by atoms with Crippen LogP contribution in [0.3, 0.4) is 0 Å². The predicted octanol–water partition coefficient (Wildman–Crippen LogP) is 2.71. The molecule has 3 saturated carbocycles. The molecule has 4 bridgehead atoms. The molecule has 0 radical (unpaired) electrons. The van der Waals surface area contributed by atoms with Gasteiger partial charge in [0.15, 0.2) is 5.79 Å². The van der Waals surface area contributed by atoms with Gasteiger partial charge in [0.25, 0.3) is 0 Å². The quantitative estimate of drug-likeness (QED) is 0.570. The number of rotatable bonds is 7. The van der Waals surface area contributed by atoms with E-state index in [4.69, 9.17) is 18.9 Å². The Hall–Kier alpha value is -0.200. The Morgan fingerprint density at radius 2 is 1.83 bits per heavy atom. The number of aliphatic hydroxyl groups is 1. The first kappa shape index (κ1) is 17.2. The van der Waals surface area contributed by atoms with Crippen molar-refractivity contribution >= 4 is 0 Å². The van der Waals surface area contributed by atoms with Crippen LogP contribution in [0.25, 0.3) is 0 Å². The standard InChI is InChI=1S/C19H32O5/c1-15(2)11-14-17(12-23-13-22-10-9-21-4)6-8-19(20)16(17,3)5-7-18(14,15)24-19/h14,20H,5-13H2,1-4H3. The molecule has 0 aromatic rings. The van der Waals surface area contributed by atoms with Gasteiger partial charge in [-0.15, -0.1) is 0 Å². The third-order valence-corrected chi connectivity index (χ3v) is 8.27. The lowest BCUT2D eigenvalue weighted by Gasteiger charge is -2.78. The molecule has 5 fully saturated rings. The molecule has 2 heterocycles. The number of ether oxygens (including phenoxy) is 4. The van der Waals surface area contributed by atoms with Gasteiger partial charge in [-0.3, -0.25) is 0 Å². The SMILES string of the molecule is COCCOCOCC12CCC3(O)OC4(CCC31C)C2CC4(C)C. The summed E-state index contributed by atoms with van der Waals surface area (Å²) in [4.78, 5) is 0. The van der Waals surface area contributed by atoms with Gasteiger partial charge in [-0.25, -0.2) is 0 Å². The summed E-state index contributed by atoms with van der Waals surface area (Å²) >= 11 is 0. The fourth-order valence-electron chi connectivity index (χ4n) is 6.66. The summed E-state index contributed by atoms with van der Waals surface area (Å²) in [5.41, 5.74) is -0.234. The van der Waals surface area contributed by atoms with Crippen LogP contribution in [0.1, 0.15) is 52.9 Å². The van der Waals surface area contributed by atoms with Crippen LogP contribution < -0.4 is 0 Å². The molecule has 0 amide bonds. The van der Waals surface area contributed by atoms with Gasteiger partial charge in [0.1, 0.15) is 6.79 Å². The van der Waals surface area contributed by atoms with Gasteiger partial charge in [0.05, 0.1) is 25.4 Å². The molecular formula is C19H32O5. The van der Waals surface area contributed by atoms with E-state index >= 15 is 0 Å². The number of fused-ring (bicyclic) bond motifs is 1. The van der Waals surface area contributed by atoms with Gasteiger partial charge in [0, 0.05) is 24.4 Å². The molecule has 1 spiro atoms. The molecule has 5 rings (SSSR count). The second-order valence-corrected chi connectivity index (χ2v) is 9.27. The average Bonchev–Trinajstić information content (AvgIpc) is 2.71. The summed E-state index contributed by atoms with van der Waals surface area (Å²) < 4.78 is 23.0. The summed E-state index contributed by atoms with van der Waals surface area (Å²) in [7, 11) is 1.67. The molecule has 5 atom stereocenters. The van der Waals surface area contributed by atoms with Gasteiger partial charge in [-0.1, -0.05) is 20.8 Å². The largest absolute Gasteiger partial charge is 0.382 e. The second-order valence-electron chi connectivity index (χ2n) is 9.27. The lowest BCUT2D eigenvalue weighted by atomic mass is 9.34. The van der Waals surface area contributed by atoms with E-state index in [1.54, 1.807) is 7.11 Å². The number of hydrogen-bond acceptors (Lipinski definition) is 5. The summed E-state index contributed by atoms with van der Waals surface area (Å²) in [6.07, 6.45) is 4.96. The van der Waals surface area contributed by atoms with E-state index in [2.05, 4.69) is 20.8 Å². The minimum absolute atomic E-state index is 0.0123. The van der Waals surface area contributed by atoms with Crippen molar-refractivity contribution in [3.8, 4) is 0 Å². The van der Waals surface area contributed by atoms with Crippen molar-refractivity contribution in [3.05, 3.63) is 0 Å². The summed E-state index contributed by atoms with van der Waals surface area (Å²) in [6.45, 7) is 8.90.